The fraction of sp³-hybridized carbons (Fsp3) is 0.350. The van der Waals surface area contributed by atoms with Gasteiger partial charge in [-0.2, -0.15) is 0 Å². The number of fused-ring (bicyclic) bond motifs is 1. The van der Waals surface area contributed by atoms with Gasteiger partial charge >= 0.3 is 8.56 Å². The summed E-state index contributed by atoms with van der Waals surface area (Å²) in [4.78, 5) is 0. The second-order valence-electron chi connectivity index (χ2n) is 12.8. The van der Waals surface area contributed by atoms with Crippen LogP contribution in [0, 0.1) is 0 Å². The lowest BCUT2D eigenvalue weighted by atomic mass is 9.72. The zero-order valence-electron chi connectivity index (χ0n) is 27.2. The van der Waals surface area contributed by atoms with Crippen LogP contribution in [0.5, 0.6) is 0 Å². The fourth-order valence-electron chi connectivity index (χ4n) is 7.31. The van der Waals surface area contributed by atoms with Crippen LogP contribution in [-0.4, -0.2) is 26.6 Å². The van der Waals surface area contributed by atoms with E-state index in [4.69, 9.17) is 18.3 Å². The Hall–Kier alpha value is -3.32. The molecular weight excluding hydrogens is 573 g/mol. The second-order valence-corrected chi connectivity index (χ2v) is 15.8. The van der Waals surface area contributed by atoms with Crippen LogP contribution < -0.4 is 0 Å². The monoisotopic (exact) mass is 618 g/mol. The van der Waals surface area contributed by atoms with E-state index in [1.54, 1.807) is 0 Å². The molecule has 2 heterocycles. The van der Waals surface area contributed by atoms with Crippen molar-refractivity contribution in [2.75, 3.05) is 0 Å². The zero-order valence-corrected chi connectivity index (χ0v) is 28.2. The average molecular weight is 619 g/mol. The lowest BCUT2D eigenvalue weighted by Gasteiger charge is -2.44. The van der Waals surface area contributed by atoms with Crippen LogP contribution in [0.25, 0.3) is 0 Å². The van der Waals surface area contributed by atoms with Crippen molar-refractivity contribution in [1.29, 1.82) is 0 Å². The highest BCUT2D eigenvalue weighted by Gasteiger charge is 2.69. The van der Waals surface area contributed by atoms with Crippen LogP contribution in [0.3, 0.4) is 0 Å². The molecule has 0 spiro atoms. The van der Waals surface area contributed by atoms with Crippen molar-refractivity contribution in [1.82, 2.24) is 0 Å². The van der Waals surface area contributed by atoms with Crippen LogP contribution in [0.2, 0.25) is 6.55 Å². The zero-order chi connectivity index (χ0) is 31.5. The first kappa shape index (κ1) is 31.7. The van der Waals surface area contributed by atoms with Crippen molar-refractivity contribution in [3.63, 3.8) is 0 Å². The molecule has 2 saturated heterocycles. The van der Waals surface area contributed by atoms with Crippen LogP contribution in [0.15, 0.2) is 133 Å². The first-order valence-electron chi connectivity index (χ1n) is 16.5. The van der Waals surface area contributed by atoms with Crippen LogP contribution in [0.4, 0.5) is 0 Å². The Morgan fingerprint density at radius 1 is 0.600 bits per heavy atom. The number of allylic oxidation sites excluding steroid dienone is 2. The number of unbranched alkanes of at least 4 members (excludes halogenated alkanes) is 1. The summed E-state index contributed by atoms with van der Waals surface area (Å²) >= 11 is 0. The minimum Gasteiger partial charge on any atom is -0.374 e. The molecule has 0 radical (unpaired) electrons. The third kappa shape index (κ3) is 5.66. The van der Waals surface area contributed by atoms with Gasteiger partial charge in [-0.05, 0) is 60.7 Å². The molecular formula is C40H46O4Si. The molecule has 4 aromatic rings. The van der Waals surface area contributed by atoms with E-state index in [0.717, 1.165) is 47.9 Å². The minimum absolute atomic E-state index is 0.555. The second kappa shape index (κ2) is 12.8. The van der Waals surface area contributed by atoms with E-state index in [0.29, 0.717) is 0 Å². The van der Waals surface area contributed by atoms with Gasteiger partial charge < -0.3 is 18.3 Å². The molecule has 0 amide bonds. The largest absolute Gasteiger partial charge is 0.374 e. The van der Waals surface area contributed by atoms with Gasteiger partial charge in [0, 0.05) is 0 Å². The van der Waals surface area contributed by atoms with Crippen molar-refractivity contribution in [3.05, 3.63) is 155 Å². The molecule has 2 unspecified atom stereocenters. The number of benzene rings is 4. The molecule has 234 valence electrons. The lowest BCUT2D eigenvalue weighted by molar-refractivity contribution is -0.179. The highest BCUT2D eigenvalue weighted by Crippen LogP contribution is 2.58. The molecule has 4 aromatic carbocycles. The summed E-state index contributed by atoms with van der Waals surface area (Å²) in [5.41, 5.74) is 2.06. The summed E-state index contributed by atoms with van der Waals surface area (Å²) in [5.74, 6) is -0.898. The smallest absolute Gasteiger partial charge is 0.366 e. The molecule has 2 aliphatic rings. The number of rotatable bonds is 9. The van der Waals surface area contributed by atoms with Gasteiger partial charge in [0.15, 0.2) is 5.79 Å². The van der Waals surface area contributed by atoms with Crippen LogP contribution in [0.1, 0.15) is 75.6 Å². The topological polar surface area (TPSA) is 36.9 Å². The van der Waals surface area contributed by atoms with Crippen molar-refractivity contribution in [3.8, 4) is 0 Å². The van der Waals surface area contributed by atoms with Gasteiger partial charge in [-0.15, -0.1) is 0 Å². The van der Waals surface area contributed by atoms with Gasteiger partial charge in [-0.25, -0.2) is 0 Å². The summed E-state index contributed by atoms with van der Waals surface area (Å²) in [6.07, 6.45) is 5.18. The van der Waals surface area contributed by atoms with Crippen molar-refractivity contribution < 1.29 is 18.3 Å². The maximum Gasteiger partial charge on any atom is 0.366 e. The molecule has 5 heteroatoms. The highest BCUT2D eigenvalue weighted by molar-refractivity contribution is 6.74. The average Bonchev–Trinajstić information content (AvgIpc) is 3.37. The summed E-state index contributed by atoms with van der Waals surface area (Å²) in [6.45, 7) is 10.7. The molecule has 2 aliphatic heterocycles. The maximum atomic E-state index is 7.92. The SMILES string of the molecule is CCC/C=C(\CCC)[Si]1(C)OC(c2ccccc2)(c2ccccc2)C2OC(C)(C)OC2C(c2ccccc2)(c2ccccc2)O1. The van der Waals surface area contributed by atoms with Gasteiger partial charge in [-0.3, -0.25) is 0 Å². The molecule has 2 fully saturated rings. The lowest BCUT2D eigenvalue weighted by Crippen LogP contribution is -2.53. The fourth-order valence-corrected chi connectivity index (χ4v) is 10.8. The van der Waals surface area contributed by atoms with E-state index in [1.807, 2.05) is 13.8 Å². The predicted molar refractivity (Wildman–Crippen MR) is 183 cm³/mol. The Balaban J connectivity index is 1.76. The van der Waals surface area contributed by atoms with E-state index in [2.05, 4.69) is 148 Å². The van der Waals surface area contributed by atoms with E-state index >= 15 is 0 Å². The summed E-state index contributed by atoms with van der Waals surface area (Å²) in [5, 5.41) is 1.26. The van der Waals surface area contributed by atoms with Crippen LogP contribution in [-0.2, 0) is 29.5 Å². The first-order valence-corrected chi connectivity index (χ1v) is 18.8. The molecule has 0 N–H and O–H groups in total. The molecule has 0 saturated carbocycles. The van der Waals surface area contributed by atoms with E-state index in [9.17, 15) is 0 Å². The highest BCUT2D eigenvalue weighted by atomic mass is 28.4. The maximum absolute atomic E-state index is 7.92. The number of hydrogen-bond donors (Lipinski definition) is 0. The Kier molecular flexibility index (Phi) is 9.02. The molecule has 0 bridgehead atoms. The minimum atomic E-state index is -3.29. The summed E-state index contributed by atoms with van der Waals surface area (Å²) in [6, 6.07) is 42.3. The summed E-state index contributed by atoms with van der Waals surface area (Å²) < 4.78 is 30.1. The third-order valence-electron chi connectivity index (χ3n) is 9.20. The van der Waals surface area contributed by atoms with Crippen molar-refractivity contribution in [2.45, 2.75) is 89.1 Å². The summed E-state index contributed by atoms with van der Waals surface area (Å²) in [7, 11) is -3.29. The van der Waals surface area contributed by atoms with Gasteiger partial charge in [-0.1, -0.05) is 154 Å². The molecule has 0 aliphatic carbocycles. The Morgan fingerprint density at radius 2 is 0.956 bits per heavy atom. The normalized spacial score (nSPS) is 25.3. The predicted octanol–water partition coefficient (Wildman–Crippen LogP) is 9.58. The molecule has 0 aromatic heterocycles. The Bertz CT molecular complexity index is 1390. The number of hydrogen-bond acceptors (Lipinski definition) is 4. The Morgan fingerprint density at radius 3 is 1.27 bits per heavy atom. The van der Waals surface area contributed by atoms with Crippen LogP contribution >= 0.6 is 0 Å². The quantitative estimate of drug-likeness (QED) is 0.175. The first-order chi connectivity index (χ1) is 21.8. The van der Waals surface area contributed by atoms with Crippen molar-refractivity contribution >= 4 is 8.56 Å². The third-order valence-corrected chi connectivity index (χ3v) is 12.2. The van der Waals surface area contributed by atoms with E-state index in [-0.39, 0.29) is 0 Å². The molecule has 4 nitrogen and oxygen atoms in total. The van der Waals surface area contributed by atoms with E-state index in [1.165, 1.54) is 5.20 Å². The van der Waals surface area contributed by atoms with Gasteiger partial charge in [0.2, 0.25) is 0 Å². The number of ether oxygens (including phenoxy) is 2. The standard InChI is InChI=1S/C40H46O4Si/c1-6-8-30-35(21-7-2)45(5)43-39(31-22-13-9-14-23-31,32-24-15-10-16-25-32)36-37(42-38(3,4)41-36)40(44-45,33-26-17-11-18-27-33)34-28-19-12-20-29-34/h9-20,22-30,36-37H,6-8,21H2,1-5H3/b35-30+. The molecule has 6 rings (SSSR count). The van der Waals surface area contributed by atoms with Crippen molar-refractivity contribution in [2.24, 2.45) is 0 Å². The molecule has 45 heavy (non-hydrogen) atoms. The van der Waals surface area contributed by atoms with Gasteiger partial charge in [0.1, 0.15) is 23.4 Å². The van der Waals surface area contributed by atoms with Gasteiger partial charge in [0.25, 0.3) is 0 Å². The molecule has 2 atom stereocenters. The van der Waals surface area contributed by atoms with E-state index < -0.39 is 37.8 Å². The Labute approximate surface area is 270 Å². The van der Waals surface area contributed by atoms with Gasteiger partial charge in [0.05, 0.1) is 0 Å².